The smallest absolute Gasteiger partial charge is 0.131 e. The van der Waals surface area contributed by atoms with Gasteiger partial charge in [-0.3, -0.25) is 0 Å². The number of benzene rings is 1. The average Bonchev–Trinajstić information content (AvgIpc) is 2.87. The molecule has 1 aromatic carbocycles. The van der Waals surface area contributed by atoms with Crippen LogP contribution in [0, 0.1) is 11.6 Å². The molecular formula is C14H15F2NO2. The standard InChI is InChI=1S/C14H15F2NO2/c15-11-4-1-5-12(16)14(11)13(18)9-17-7-6-10-3-2-8-19-10/h1-5,8,13,17-18H,6-7,9H2. The number of halogens is 2. The average molecular weight is 267 g/mol. The maximum absolute atomic E-state index is 13.4. The van der Waals surface area contributed by atoms with Gasteiger partial charge >= 0.3 is 0 Å². The molecule has 0 saturated carbocycles. The lowest BCUT2D eigenvalue weighted by Crippen LogP contribution is -2.24. The topological polar surface area (TPSA) is 45.4 Å². The second kappa shape index (κ2) is 6.45. The molecule has 0 spiro atoms. The maximum atomic E-state index is 13.4. The van der Waals surface area contributed by atoms with Crippen molar-refractivity contribution in [3.8, 4) is 0 Å². The third-order valence-corrected chi connectivity index (χ3v) is 2.80. The largest absolute Gasteiger partial charge is 0.469 e. The van der Waals surface area contributed by atoms with E-state index in [0.717, 1.165) is 17.9 Å². The van der Waals surface area contributed by atoms with Crippen molar-refractivity contribution in [2.24, 2.45) is 0 Å². The molecule has 1 aromatic heterocycles. The van der Waals surface area contributed by atoms with Gasteiger partial charge in [-0.2, -0.15) is 0 Å². The Morgan fingerprint density at radius 1 is 1.16 bits per heavy atom. The van der Waals surface area contributed by atoms with Gasteiger partial charge in [-0.15, -0.1) is 0 Å². The van der Waals surface area contributed by atoms with Crippen LogP contribution in [0.25, 0.3) is 0 Å². The zero-order chi connectivity index (χ0) is 13.7. The minimum atomic E-state index is -1.21. The van der Waals surface area contributed by atoms with Crippen LogP contribution in [0.2, 0.25) is 0 Å². The molecule has 5 heteroatoms. The molecule has 0 aliphatic heterocycles. The van der Waals surface area contributed by atoms with Crippen LogP contribution in [0.4, 0.5) is 8.78 Å². The summed E-state index contributed by atoms with van der Waals surface area (Å²) in [7, 11) is 0. The fraction of sp³-hybridized carbons (Fsp3) is 0.286. The molecule has 2 N–H and O–H groups in total. The van der Waals surface area contributed by atoms with Crippen molar-refractivity contribution in [3.05, 3.63) is 59.6 Å². The summed E-state index contributed by atoms with van der Waals surface area (Å²) >= 11 is 0. The number of hydrogen-bond donors (Lipinski definition) is 2. The molecule has 0 saturated heterocycles. The molecule has 1 unspecified atom stereocenters. The molecule has 3 nitrogen and oxygen atoms in total. The first-order valence-electron chi connectivity index (χ1n) is 6.03. The quantitative estimate of drug-likeness (QED) is 0.790. The van der Waals surface area contributed by atoms with Gasteiger partial charge in [0.2, 0.25) is 0 Å². The monoisotopic (exact) mass is 267 g/mol. The third-order valence-electron chi connectivity index (χ3n) is 2.80. The van der Waals surface area contributed by atoms with E-state index < -0.39 is 17.7 Å². The first kappa shape index (κ1) is 13.7. The zero-order valence-corrected chi connectivity index (χ0v) is 10.3. The summed E-state index contributed by atoms with van der Waals surface area (Å²) in [6.07, 6.45) is 1.02. The molecule has 1 atom stereocenters. The van der Waals surface area contributed by atoms with Crippen molar-refractivity contribution in [2.45, 2.75) is 12.5 Å². The zero-order valence-electron chi connectivity index (χ0n) is 10.3. The highest BCUT2D eigenvalue weighted by Crippen LogP contribution is 2.19. The Labute approximate surface area is 109 Å². The van der Waals surface area contributed by atoms with Gasteiger partial charge in [-0.1, -0.05) is 6.07 Å². The molecule has 0 aliphatic carbocycles. The molecule has 0 amide bonds. The third kappa shape index (κ3) is 3.62. The number of rotatable bonds is 6. The normalized spacial score (nSPS) is 12.6. The first-order valence-corrected chi connectivity index (χ1v) is 6.03. The highest BCUT2D eigenvalue weighted by atomic mass is 19.1. The van der Waals surface area contributed by atoms with E-state index in [2.05, 4.69) is 5.32 Å². The van der Waals surface area contributed by atoms with Gasteiger partial charge in [0.15, 0.2) is 0 Å². The van der Waals surface area contributed by atoms with Crippen LogP contribution >= 0.6 is 0 Å². The molecule has 0 fully saturated rings. The molecule has 2 aromatic rings. The van der Waals surface area contributed by atoms with E-state index in [1.807, 2.05) is 6.07 Å². The van der Waals surface area contributed by atoms with Crippen molar-refractivity contribution in [3.63, 3.8) is 0 Å². The number of hydrogen-bond acceptors (Lipinski definition) is 3. The van der Waals surface area contributed by atoms with E-state index in [0.29, 0.717) is 13.0 Å². The van der Waals surface area contributed by atoms with Crippen LogP contribution < -0.4 is 5.32 Å². The Balaban J connectivity index is 1.82. The van der Waals surface area contributed by atoms with Gasteiger partial charge in [0.1, 0.15) is 17.4 Å². The van der Waals surface area contributed by atoms with E-state index in [9.17, 15) is 13.9 Å². The second-order valence-electron chi connectivity index (χ2n) is 4.18. The van der Waals surface area contributed by atoms with Crippen LogP contribution in [-0.2, 0) is 6.42 Å². The van der Waals surface area contributed by atoms with Crippen molar-refractivity contribution in [1.82, 2.24) is 5.32 Å². The van der Waals surface area contributed by atoms with E-state index >= 15 is 0 Å². The molecular weight excluding hydrogens is 252 g/mol. The Kier molecular flexibility index (Phi) is 4.65. The number of nitrogens with one attached hydrogen (secondary N) is 1. The summed E-state index contributed by atoms with van der Waals surface area (Å²) in [6, 6.07) is 7.16. The Morgan fingerprint density at radius 2 is 1.89 bits per heavy atom. The molecule has 0 bridgehead atoms. The maximum Gasteiger partial charge on any atom is 0.131 e. The summed E-state index contributed by atoms with van der Waals surface area (Å²) in [4.78, 5) is 0. The predicted octanol–water partition coefficient (Wildman–Crippen LogP) is 2.42. The van der Waals surface area contributed by atoms with Crippen LogP contribution in [-0.4, -0.2) is 18.2 Å². The van der Waals surface area contributed by atoms with Crippen LogP contribution in [0.1, 0.15) is 17.4 Å². The van der Waals surface area contributed by atoms with Crippen molar-refractivity contribution >= 4 is 0 Å². The molecule has 0 aliphatic rings. The van der Waals surface area contributed by atoms with E-state index in [-0.39, 0.29) is 12.1 Å². The first-order chi connectivity index (χ1) is 9.18. The second-order valence-corrected chi connectivity index (χ2v) is 4.18. The molecule has 102 valence electrons. The Hall–Kier alpha value is -1.72. The lowest BCUT2D eigenvalue weighted by Gasteiger charge is -2.13. The summed E-state index contributed by atoms with van der Waals surface area (Å²) in [6.45, 7) is 0.638. The fourth-order valence-electron chi connectivity index (χ4n) is 1.84. The predicted molar refractivity (Wildman–Crippen MR) is 66.6 cm³/mol. The summed E-state index contributed by atoms with van der Waals surface area (Å²) in [5.41, 5.74) is -0.298. The van der Waals surface area contributed by atoms with Crippen LogP contribution in [0.5, 0.6) is 0 Å². The minimum absolute atomic E-state index is 0.0819. The van der Waals surface area contributed by atoms with Gasteiger partial charge in [-0.05, 0) is 24.3 Å². The van der Waals surface area contributed by atoms with E-state index in [1.165, 1.54) is 6.07 Å². The molecule has 2 rings (SSSR count). The van der Waals surface area contributed by atoms with E-state index in [1.54, 1.807) is 12.3 Å². The van der Waals surface area contributed by atoms with Crippen LogP contribution in [0.15, 0.2) is 41.0 Å². The summed E-state index contributed by atoms with van der Waals surface area (Å²) in [5, 5.41) is 12.7. The van der Waals surface area contributed by atoms with Crippen LogP contribution in [0.3, 0.4) is 0 Å². The number of aliphatic hydroxyl groups is 1. The Bertz CT molecular complexity index is 494. The molecule has 0 radical (unpaired) electrons. The van der Waals surface area contributed by atoms with Gasteiger partial charge in [0, 0.05) is 19.5 Å². The van der Waals surface area contributed by atoms with Crippen molar-refractivity contribution in [2.75, 3.05) is 13.1 Å². The minimum Gasteiger partial charge on any atom is -0.469 e. The van der Waals surface area contributed by atoms with Gasteiger partial charge < -0.3 is 14.8 Å². The lowest BCUT2D eigenvalue weighted by molar-refractivity contribution is 0.165. The van der Waals surface area contributed by atoms with Crippen molar-refractivity contribution < 1.29 is 18.3 Å². The lowest BCUT2D eigenvalue weighted by atomic mass is 10.1. The van der Waals surface area contributed by atoms with Gasteiger partial charge in [-0.25, -0.2) is 8.78 Å². The Morgan fingerprint density at radius 3 is 2.53 bits per heavy atom. The highest BCUT2D eigenvalue weighted by molar-refractivity contribution is 5.22. The van der Waals surface area contributed by atoms with Gasteiger partial charge in [0.05, 0.1) is 17.9 Å². The van der Waals surface area contributed by atoms with E-state index in [4.69, 9.17) is 4.42 Å². The number of aliphatic hydroxyl groups excluding tert-OH is 1. The van der Waals surface area contributed by atoms with Gasteiger partial charge in [0.25, 0.3) is 0 Å². The van der Waals surface area contributed by atoms with Crippen molar-refractivity contribution in [1.29, 1.82) is 0 Å². The summed E-state index contributed by atoms with van der Waals surface area (Å²) < 4.78 is 31.9. The molecule has 19 heavy (non-hydrogen) atoms. The number of furan rings is 1. The fourth-order valence-corrected chi connectivity index (χ4v) is 1.84. The SMILES string of the molecule is OC(CNCCc1ccco1)c1c(F)cccc1F. The summed E-state index contributed by atoms with van der Waals surface area (Å²) in [5.74, 6) is -0.653. The highest BCUT2D eigenvalue weighted by Gasteiger charge is 2.17. The molecule has 1 heterocycles.